The lowest BCUT2D eigenvalue weighted by atomic mass is 9.44. The van der Waals surface area contributed by atoms with Gasteiger partial charge in [-0.1, -0.05) is 23.2 Å². The van der Waals surface area contributed by atoms with Crippen LogP contribution in [-0.2, 0) is 4.79 Å². The highest BCUT2D eigenvalue weighted by Crippen LogP contribution is 2.60. The highest BCUT2D eigenvalue weighted by atomic mass is 35.5. The minimum Gasteiger partial charge on any atom is -0.484 e. The Morgan fingerprint density at radius 1 is 1.07 bits per heavy atom. The van der Waals surface area contributed by atoms with Crippen LogP contribution in [0.2, 0.25) is 10.0 Å². The number of amides is 2. The Hall–Kier alpha value is -2.45. The molecular formula is C19H15Cl2F2N3O3. The fourth-order valence-corrected chi connectivity index (χ4v) is 4.24. The number of pyridine rings is 1. The van der Waals surface area contributed by atoms with Gasteiger partial charge in [0, 0.05) is 23.3 Å². The van der Waals surface area contributed by atoms with Crippen LogP contribution in [0.5, 0.6) is 5.75 Å². The van der Waals surface area contributed by atoms with Crippen molar-refractivity contribution in [2.24, 2.45) is 0 Å². The molecular weight excluding hydrogens is 427 g/mol. The minimum atomic E-state index is -0.791. The van der Waals surface area contributed by atoms with Crippen molar-refractivity contribution in [2.45, 2.75) is 30.3 Å². The zero-order chi connectivity index (χ0) is 20.8. The van der Waals surface area contributed by atoms with Gasteiger partial charge in [-0.2, -0.15) is 0 Å². The molecule has 1 heterocycles. The van der Waals surface area contributed by atoms with E-state index in [4.69, 9.17) is 27.9 Å². The standard InChI is InChI=1S/C19H15Cl2F2N3O3/c20-10-3-14(23)16(24-5-10)17(28)26-19-7-18(8-19,9-19)25-15(27)6-29-11-1-2-12(21)13(22)4-11/h1-5H,6-9H2,(H,25,27)(H,26,28). The van der Waals surface area contributed by atoms with Crippen LogP contribution in [0.3, 0.4) is 0 Å². The molecule has 2 aromatic rings. The first-order valence-corrected chi connectivity index (χ1v) is 9.47. The summed E-state index contributed by atoms with van der Waals surface area (Å²) in [6.45, 7) is -0.276. The van der Waals surface area contributed by atoms with E-state index in [1.54, 1.807) is 0 Å². The van der Waals surface area contributed by atoms with Crippen molar-refractivity contribution < 1.29 is 23.1 Å². The third-order valence-electron chi connectivity index (χ3n) is 5.10. The molecule has 3 aliphatic rings. The van der Waals surface area contributed by atoms with Crippen molar-refractivity contribution in [2.75, 3.05) is 6.61 Å². The van der Waals surface area contributed by atoms with Crippen molar-refractivity contribution in [3.63, 3.8) is 0 Å². The van der Waals surface area contributed by atoms with Gasteiger partial charge in [0.15, 0.2) is 18.1 Å². The highest BCUT2D eigenvalue weighted by molar-refractivity contribution is 6.30. The number of nitrogens with zero attached hydrogens (tertiary/aromatic N) is 1. The van der Waals surface area contributed by atoms with Gasteiger partial charge in [-0.15, -0.1) is 0 Å². The van der Waals surface area contributed by atoms with Crippen molar-refractivity contribution in [3.8, 4) is 5.75 Å². The fourth-order valence-electron chi connectivity index (χ4n) is 3.98. The summed E-state index contributed by atoms with van der Waals surface area (Å²) < 4.78 is 32.5. The Kier molecular flexibility index (Phi) is 4.86. The molecule has 2 amide bonds. The molecule has 2 N–H and O–H groups in total. The van der Waals surface area contributed by atoms with Gasteiger partial charge < -0.3 is 15.4 Å². The molecule has 0 atom stereocenters. The third-order valence-corrected chi connectivity index (χ3v) is 5.61. The molecule has 3 aliphatic carbocycles. The number of benzene rings is 1. The summed E-state index contributed by atoms with van der Waals surface area (Å²) in [7, 11) is 0. The van der Waals surface area contributed by atoms with Crippen LogP contribution in [0.1, 0.15) is 29.8 Å². The summed E-state index contributed by atoms with van der Waals surface area (Å²) in [5, 5.41) is 5.73. The molecule has 5 rings (SSSR count). The zero-order valence-corrected chi connectivity index (χ0v) is 16.4. The van der Waals surface area contributed by atoms with Crippen LogP contribution in [0, 0.1) is 11.6 Å². The average molecular weight is 442 g/mol. The monoisotopic (exact) mass is 441 g/mol. The van der Waals surface area contributed by atoms with Crippen LogP contribution in [0.15, 0.2) is 30.5 Å². The van der Waals surface area contributed by atoms with Crippen LogP contribution >= 0.6 is 23.2 Å². The van der Waals surface area contributed by atoms with Gasteiger partial charge in [0.25, 0.3) is 11.8 Å². The molecule has 0 saturated heterocycles. The van der Waals surface area contributed by atoms with E-state index in [1.807, 2.05) is 0 Å². The maximum Gasteiger partial charge on any atom is 0.273 e. The number of carbonyl (C=O) groups is 2. The van der Waals surface area contributed by atoms with Crippen LogP contribution < -0.4 is 15.4 Å². The predicted octanol–water partition coefficient (Wildman–Crippen LogP) is 3.27. The van der Waals surface area contributed by atoms with E-state index in [1.165, 1.54) is 18.3 Å². The number of nitrogens with one attached hydrogen (secondary N) is 2. The molecule has 10 heteroatoms. The van der Waals surface area contributed by atoms with E-state index in [-0.39, 0.29) is 34.0 Å². The summed E-state index contributed by atoms with van der Waals surface area (Å²) in [5.74, 6) is -2.20. The summed E-state index contributed by atoms with van der Waals surface area (Å²) in [5.41, 5.74) is -1.20. The predicted molar refractivity (Wildman–Crippen MR) is 101 cm³/mol. The first kappa shape index (κ1) is 19.8. The molecule has 6 nitrogen and oxygen atoms in total. The Labute approximate surface area is 174 Å². The lowest BCUT2D eigenvalue weighted by Crippen LogP contribution is -2.84. The first-order chi connectivity index (χ1) is 13.7. The largest absolute Gasteiger partial charge is 0.484 e. The van der Waals surface area contributed by atoms with E-state index in [2.05, 4.69) is 15.6 Å². The number of aromatic nitrogens is 1. The maximum absolute atomic E-state index is 13.8. The fraction of sp³-hybridized carbons (Fsp3) is 0.316. The quantitative estimate of drug-likeness (QED) is 0.720. The Bertz CT molecular complexity index is 998. The Balaban J connectivity index is 1.26. The number of hydrogen-bond donors (Lipinski definition) is 2. The molecule has 2 bridgehead atoms. The number of rotatable bonds is 6. The van der Waals surface area contributed by atoms with Gasteiger partial charge in [-0.3, -0.25) is 9.59 Å². The van der Waals surface area contributed by atoms with Gasteiger partial charge in [0.1, 0.15) is 11.6 Å². The second-order valence-electron chi connectivity index (χ2n) is 7.44. The molecule has 0 radical (unpaired) electrons. The van der Waals surface area contributed by atoms with Crippen molar-refractivity contribution in [3.05, 3.63) is 57.8 Å². The van der Waals surface area contributed by atoms with Crippen molar-refractivity contribution >= 4 is 35.0 Å². The van der Waals surface area contributed by atoms with Gasteiger partial charge >= 0.3 is 0 Å². The van der Waals surface area contributed by atoms with Crippen molar-refractivity contribution in [1.29, 1.82) is 0 Å². The second kappa shape index (κ2) is 7.11. The summed E-state index contributed by atoms with van der Waals surface area (Å²) in [6, 6.07) is 4.94. The normalized spacial score (nSPS) is 24.1. The molecule has 3 fully saturated rings. The average Bonchev–Trinajstić information content (AvgIpc) is 2.59. The summed E-state index contributed by atoms with van der Waals surface area (Å²) in [6.07, 6.45) is 2.79. The molecule has 1 aromatic heterocycles. The SMILES string of the molecule is O=C(COc1ccc(Cl)c(F)c1)NC12CC(NC(=O)c3ncc(Cl)cc3F)(C1)C2. The van der Waals surface area contributed by atoms with Gasteiger partial charge in [0.05, 0.1) is 10.0 Å². The molecule has 152 valence electrons. The number of ether oxygens (including phenoxy) is 1. The minimum absolute atomic E-state index is 0.0308. The zero-order valence-electron chi connectivity index (χ0n) is 14.9. The Morgan fingerprint density at radius 2 is 1.76 bits per heavy atom. The molecule has 0 aliphatic heterocycles. The third kappa shape index (κ3) is 3.86. The van der Waals surface area contributed by atoms with Gasteiger partial charge in [-0.05, 0) is 37.5 Å². The smallest absolute Gasteiger partial charge is 0.273 e. The van der Waals surface area contributed by atoms with Crippen LogP contribution in [0.4, 0.5) is 8.78 Å². The van der Waals surface area contributed by atoms with E-state index < -0.39 is 28.6 Å². The lowest BCUT2D eigenvalue weighted by molar-refractivity contribution is -0.141. The molecule has 0 spiro atoms. The lowest BCUT2D eigenvalue weighted by Gasteiger charge is -2.70. The van der Waals surface area contributed by atoms with Crippen LogP contribution in [0.25, 0.3) is 0 Å². The molecule has 0 unspecified atom stereocenters. The maximum atomic E-state index is 13.8. The number of hydrogen-bond acceptors (Lipinski definition) is 4. The van der Waals surface area contributed by atoms with Crippen LogP contribution in [-0.4, -0.2) is 34.5 Å². The molecule has 1 aromatic carbocycles. The molecule has 3 saturated carbocycles. The van der Waals surface area contributed by atoms with E-state index in [9.17, 15) is 18.4 Å². The number of carbonyl (C=O) groups excluding carboxylic acids is 2. The van der Waals surface area contributed by atoms with Crippen molar-refractivity contribution in [1.82, 2.24) is 15.6 Å². The number of halogens is 4. The van der Waals surface area contributed by atoms with Gasteiger partial charge in [-0.25, -0.2) is 13.8 Å². The van der Waals surface area contributed by atoms with E-state index in [0.29, 0.717) is 19.3 Å². The topological polar surface area (TPSA) is 80.3 Å². The summed E-state index contributed by atoms with van der Waals surface area (Å²) in [4.78, 5) is 28.1. The second-order valence-corrected chi connectivity index (χ2v) is 8.29. The van der Waals surface area contributed by atoms with Gasteiger partial charge in [0.2, 0.25) is 0 Å². The highest BCUT2D eigenvalue weighted by Gasteiger charge is 2.69. The Morgan fingerprint density at radius 3 is 2.41 bits per heavy atom. The summed E-state index contributed by atoms with van der Waals surface area (Å²) >= 11 is 11.2. The first-order valence-electron chi connectivity index (χ1n) is 8.72. The van der Waals surface area contributed by atoms with E-state index >= 15 is 0 Å². The van der Waals surface area contributed by atoms with E-state index in [0.717, 1.165) is 12.1 Å². The molecule has 29 heavy (non-hydrogen) atoms.